The molecule has 1 amide bonds. The molecule has 6 nitrogen and oxygen atoms in total. The maximum atomic E-state index is 12.0. The number of aryl methyl sites for hydroxylation is 1. The Morgan fingerprint density at radius 3 is 2.65 bits per heavy atom. The number of carbonyl (C=O) groups excluding carboxylic acids is 1. The molecule has 1 aromatic heterocycles. The molecular weight excluding hydrogens is 314 g/mol. The largest absolute Gasteiger partial charge is 0.478 e. The van der Waals surface area contributed by atoms with Crippen LogP contribution in [0.5, 0.6) is 0 Å². The zero-order valence-electron chi connectivity index (χ0n) is 12.2. The van der Waals surface area contributed by atoms with E-state index in [2.05, 4.69) is 10.3 Å². The topological polar surface area (TPSA) is 83.7 Å². The van der Waals surface area contributed by atoms with E-state index in [0.717, 1.165) is 5.69 Å². The Kier molecular flexibility index (Phi) is 4.03. The Bertz CT molecular complexity index is 835. The first-order valence-corrected chi connectivity index (χ1v) is 7.59. The average Bonchev–Trinajstić information content (AvgIpc) is 3.07. The lowest BCUT2D eigenvalue weighted by Crippen LogP contribution is -2.19. The summed E-state index contributed by atoms with van der Waals surface area (Å²) in [6.45, 7) is 0. The van der Waals surface area contributed by atoms with Gasteiger partial charge in [-0.15, -0.1) is 0 Å². The zero-order valence-corrected chi connectivity index (χ0v) is 13.0. The highest BCUT2D eigenvalue weighted by Crippen LogP contribution is 2.28. The fourth-order valence-corrected chi connectivity index (χ4v) is 2.86. The number of aromatic carboxylic acids is 1. The molecule has 0 radical (unpaired) electrons. The molecule has 0 saturated carbocycles. The minimum Gasteiger partial charge on any atom is -0.478 e. The van der Waals surface area contributed by atoms with Gasteiger partial charge in [-0.1, -0.05) is 0 Å². The van der Waals surface area contributed by atoms with E-state index in [-0.39, 0.29) is 11.5 Å². The predicted octanol–water partition coefficient (Wildman–Crippen LogP) is 2.61. The minimum absolute atomic E-state index is 0.196. The molecule has 3 rings (SSSR count). The van der Waals surface area contributed by atoms with Crippen molar-refractivity contribution in [2.45, 2.75) is 0 Å². The highest BCUT2D eigenvalue weighted by molar-refractivity contribution is 8.18. The number of aliphatic imine (C=N–C) groups is 1. The van der Waals surface area contributed by atoms with E-state index < -0.39 is 5.97 Å². The molecule has 1 fully saturated rings. The Morgan fingerprint density at radius 1 is 1.30 bits per heavy atom. The van der Waals surface area contributed by atoms with Crippen LogP contribution in [0.25, 0.3) is 6.08 Å². The summed E-state index contributed by atoms with van der Waals surface area (Å²) in [4.78, 5) is 27.7. The third kappa shape index (κ3) is 3.35. The van der Waals surface area contributed by atoms with E-state index in [4.69, 9.17) is 5.11 Å². The van der Waals surface area contributed by atoms with Crippen LogP contribution in [0, 0.1) is 0 Å². The standard InChI is InChI=1S/C16H13N3O3S/c1-19-8-2-3-12(19)9-13-14(20)18-16(23-13)17-11-6-4-10(5-7-11)15(21)22/h2-9H,1H3,(H,21,22)(H,17,18,20)/b13-9-. The van der Waals surface area contributed by atoms with Crippen molar-refractivity contribution < 1.29 is 14.7 Å². The Balaban J connectivity index is 1.80. The van der Waals surface area contributed by atoms with Crippen molar-refractivity contribution in [1.29, 1.82) is 0 Å². The lowest BCUT2D eigenvalue weighted by molar-refractivity contribution is -0.115. The number of nitrogens with zero attached hydrogens (tertiary/aromatic N) is 2. The summed E-state index contributed by atoms with van der Waals surface area (Å²) in [7, 11) is 1.91. The van der Waals surface area contributed by atoms with Crippen molar-refractivity contribution in [1.82, 2.24) is 9.88 Å². The third-order valence-corrected chi connectivity index (χ3v) is 4.17. The van der Waals surface area contributed by atoms with Gasteiger partial charge in [-0.05, 0) is 54.2 Å². The Hall–Kier alpha value is -2.80. The van der Waals surface area contributed by atoms with Crippen LogP contribution in [0.2, 0.25) is 0 Å². The van der Waals surface area contributed by atoms with Gasteiger partial charge in [0.2, 0.25) is 0 Å². The van der Waals surface area contributed by atoms with Crippen molar-refractivity contribution in [3.8, 4) is 0 Å². The number of nitrogens with one attached hydrogen (secondary N) is 1. The van der Waals surface area contributed by atoms with Gasteiger partial charge in [0, 0.05) is 18.9 Å². The average molecular weight is 327 g/mol. The van der Waals surface area contributed by atoms with Crippen LogP contribution in [0.15, 0.2) is 52.5 Å². The van der Waals surface area contributed by atoms with E-state index in [1.165, 1.54) is 23.9 Å². The number of amides is 1. The van der Waals surface area contributed by atoms with Crippen molar-refractivity contribution in [2.24, 2.45) is 12.0 Å². The first kappa shape index (κ1) is 15.1. The second-order valence-electron chi connectivity index (χ2n) is 4.88. The van der Waals surface area contributed by atoms with E-state index >= 15 is 0 Å². The number of benzene rings is 1. The molecular formula is C16H13N3O3S. The SMILES string of the molecule is Cn1cccc1/C=C1\SC(=Nc2ccc(C(=O)O)cc2)NC1=O. The van der Waals surface area contributed by atoms with Crippen LogP contribution in [0.4, 0.5) is 5.69 Å². The maximum absolute atomic E-state index is 12.0. The number of rotatable bonds is 3. The predicted molar refractivity (Wildman–Crippen MR) is 89.6 cm³/mol. The molecule has 2 heterocycles. The van der Waals surface area contributed by atoms with Gasteiger partial charge in [-0.2, -0.15) is 0 Å². The van der Waals surface area contributed by atoms with Gasteiger partial charge in [-0.3, -0.25) is 4.79 Å². The molecule has 7 heteroatoms. The van der Waals surface area contributed by atoms with Crippen LogP contribution in [-0.4, -0.2) is 26.7 Å². The quantitative estimate of drug-likeness (QED) is 0.849. The maximum Gasteiger partial charge on any atom is 0.335 e. The number of carbonyl (C=O) groups is 2. The molecule has 0 spiro atoms. The Labute approximate surface area is 136 Å². The van der Waals surface area contributed by atoms with Gasteiger partial charge in [0.05, 0.1) is 16.2 Å². The summed E-state index contributed by atoms with van der Waals surface area (Å²) in [5.74, 6) is -1.18. The number of carboxylic acids is 1. The second kappa shape index (κ2) is 6.13. The summed E-state index contributed by atoms with van der Waals surface area (Å²) >= 11 is 1.25. The van der Waals surface area contributed by atoms with Gasteiger partial charge >= 0.3 is 5.97 Å². The number of thioether (sulfide) groups is 1. The number of amidine groups is 1. The normalized spacial score (nSPS) is 17.7. The van der Waals surface area contributed by atoms with Crippen LogP contribution >= 0.6 is 11.8 Å². The fourth-order valence-electron chi connectivity index (χ4n) is 2.03. The van der Waals surface area contributed by atoms with Gasteiger partial charge in [0.25, 0.3) is 5.91 Å². The zero-order chi connectivity index (χ0) is 16.4. The minimum atomic E-state index is -0.986. The molecule has 0 atom stereocenters. The summed E-state index contributed by atoms with van der Waals surface area (Å²) in [5.41, 5.74) is 1.70. The van der Waals surface area contributed by atoms with Crippen molar-refractivity contribution in [3.05, 3.63) is 58.8 Å². The molecule has 0 aliphatic carbocycles. The molecule has 1 aliphatic heterocycles. The van der Waals surface area contributed by atoms with E-state index in [1.54, 1.807) is 18.2 Å². The van der Waals surface area contributed by atoms with Crippen LogP contribution in [0.3, 0.4) is 0 Å². The number of aromatic nitrogens is 1. The van der Waals surface area contributed by atoms with Crippen LogP contribution in [0.1, 0.15) is 16.1 Å². The first-order valence-electron chi connectivity index (χ1n) is 6.77. The first-order chi connectivity index (χ1) is 11.0. The Morgan fingerprint density at radius 2 is 2.04 bits per heavy atom. The van der Waals surface area contributed by atoms with Crippen molar-refractivity contribution in [2.75, 3.05) is 0 Å². The van der Waals surface area contributed by atoms with Crippen LogP contribution in [-0.2, 0) is 11.8 Å². The molecule has 2 N–H and O–H groups in total. The van der Waals surface area contributed by atoms with Crippen molar-refractivity contribution in [3.63, 3.8) is 0 Å². The summed E-state index contributed by atoms with van der Waals surface area (Å²) < 4.78 is 1.92. The molecule has 0 unspecified atom stereocenters. The second-order valence-corrected chi connectivity index (χ2v) is 5.91. The van der Waals surface area contributed by atoms with Crippen LogP contribution < -0.4 is 5.32 Å². The van der Waals surface area contributed by atoms with E-state index in [0.29, 0.717) is 15.8 Å². The summed E-state index contributed by atoms with van der Waals surface area (Å²) in [6, 6.07) is 9.97. The van der Waals surface area contributed by atoms with E-state index in [9.17, 15) is 9.59 Å². The molecule has 0 bridgehead atoms. The molecule has 1 aliphatic rings. The highest BCUT2D eigenvalue weighted by Gasteiger charge is 2.24. The number of carboxylic acid groups (broad SMARTS) is 1. The number of hydrogen-bond donors (Lipinski definition) is 2. The fraction of sp³-hybridized carbons (Fsp3) is 0.0625. The number of hydrogen-bond acceptors (Lipinski definition) is 4. The molecule has 116 valence electrons. The monoisotopic (exact) mass is 327 g/mol. The van der Waals surface area contributed by atoms with Crippen molar-refractivity contribution >= 4 is 40.6 Å². The third-order valence-electron chi connectivity index (χ3n) is 3.26. The lowest BCUT2D eigenvalue weighted by atomic mass is 10.2. The molecule has 23 heavy (non-hydrogen) atoms. The molecule has 1 aromatic carbocycles. The van der Waals surface area contributed by atoms with Gasteiger partial charge < -0.3 is 15.0 Å². The lowest BCUT2D eigenvalue weighted by Gasteiger charge is -1.98. The summed E-state index contributed by atoms with van der Waals surface area (Å²) in [6.07, 6.45) is 3.71. The summed E-state index contributed by atoms with van der Waals surface area (Å²) in [5, 5.41) is 12.0. The molecule has 1 saturated heterocycles. The van der Waals surface area contributed by atoms with E-state index in [1.807, 2.05) is 29.9 Å². The van der Waals surface area contributed by atoms with Gasteiger partial charge in [0.1, 0.15) is 0 Å². The molecule has 2 aromatic rings. The van der Waals surface area contributed by atoms with Gasteiger partial charge in [0.15, 0.2) is 5.17 Å². The van der Waals surface area contributed by atoms with Gasteiger partial charge in [-0.25, -0.2) is 9.79 Å². The smallest absolute Gasteiger partial charge is 0.335 e. The highest BCUT2D eigenvalue weighted by atomic mass is 32.2.